The third-order valence-corrected chi connectivity index (χ3v) is 2.69. The second-order valence-corrected chi connectivity index (χ2v) is 4.67. The molecule has 1 aromatic rings. The van der Waals surface area contributed by atoms with Gasteiger partial charge in [0, 0.05) is 0 Å². The van der Waals surface area contributed by atoms with Crippen molar-refractivity contribution in [3.05, 3.63) is 29.8 Å². The van der Waals surface area contributed by atoms with Crippen molar-refractivity contribution in [2.45, 2.75) is 25.7 Å². The van der Waals surface area contributed by atoms with Gasteiger partial charge in [0.2, 0.25) is 0 Å². The maximum Gasteiger partial charge on any atom is 0.294 e. The lowest BCUT2D eigenvalue weighted by Crippen LogP contribution is -2.09. The van der Waals surface area contributed by atoms with Gasteiger partial charge in [-0.15, -0.1) is 0 Å². The van der Waals surface area contributed by atoms with Crippen LogP contribution in [0.4, 0.5) is 0 Å². The zero-order valence-corrected chi connectivity index (χ0v) is 10.7. The van der Waals surface area contributed by atoms with Gasteiger partial charge < -0.3 is 5.32 Å². The minimum atomic E-state index is -4.02. The van der Waals surface area contributed by atoms with Gasteiger partial charge in [0.15, 0.2) is 0 Å². The largest absolute Gasteiger partial charge is 0.317 e. The van der Waals surface area contributed by atoms with E-state index in [1.54, 1.807) is 12.1 Å². The molecule has 0 aliphatic rings. The van der Waals surface area contributed by atoms with Crippen LogP contribution in [0, 0.1) is 6.92 Å². The Kier molecular flexibility index (Phi) is 6.96. The molecular formula is C11H19NO3S. The number of rotatable bonds is 3. The molecule has 0 saturated heterocycles. The van der Waals surface area contributed by atoms with Gasteiger partial charge in [-0.05, 0) is 32.1 Å². The summed E-state index contributed by atoms with van der Waals surface area (Å²) in [4.78, 5) is -0.0666. The molecule has 0 unspecified atom stereocenters. The fourth-order valence-electron chi connectivity index (χ4n) is 0.960. The summed E-state index contributed by atoms with van der Waals surface area (Å²) in [6.07, 6.45) is 0. The molecule has 0 aliphatic carbocycles. The van der Waals surface area contributed by atoms with Crippen LogP contribution in [-0.2, 0) is 10.1 Å². The quantitative estimate of drug-likeness (QED) is 0.798. The van der Waals surface area contributed by atoms with Crippen LogP contribution in [0.1, 0.15) is 19.4 Å². The predicted molar refractivity (Wildman–Crippen MR) is 65.2 cm³/mol. The monoisotopic (exact) mass is 245 g/mol. The first-order valence-electron chi connectivity index (χ1n) is 5.16. The lowest BCUT2D eigenvalue weighted by atomic mass is 10.2. The second kappa shape index (κ2) is 7.38. The lowest BCUT2D eigenvalue weighted by Gasteiger charge is -1.95. The molecule has 4 nitrogen and oxygen atoms in total. The van der Waals surface area contributed by atoms with Gasteiger partial charge in [-0.3, -0.25) is 4.55 Å². The first-order valence-corrected chi connectivity index (χ1v) is 6.60. The minimum Gasteiger partial charge on any atom is -0.317 e. The molecule has 1 aromatic carbocycles. The summed E-state index contributed by atoms with van der Waals surface area (Å²) in [6, 6.07) is 5.99. The topological polar surface area (TPSA) is 66.4 Å². The van der Waals surface area contributed by atoms with Crippen LogP contribution in [0.2, 0.25) is 0 Å². The van der Waals surface area contributed by atoms with Crippen LogP contribution in [0.15, 0.2) is 29.2 Å². The van der Waals surface area contributed by atoms with Crippen molar-refractivity contribution in [2.24, 2.45) is 0 Å². The van der Waals surface area contributed by atoms with Crippen molar-refractivity contribution in [3.63, 3.8) is 0 Å². The molecule has 0 amide bonds. The van der Waals surface area contributed by atoms with E-state index >= 15 is 0 Å². The Balaban J connectivity index is 0.000000385. The molecule has 0 atom stereocenters. The molecule has 1 rings (SSSR count). The molecule has 0 aliphatic heterocycles. The van der Waals surface area contributed by atoms with Crippen LogP contribution in [0.3, 0.4) is 0 Å². The highest BCUT2D eigenvalue weighted by molar-refractivity contribution is 7.85. The third-order valence-electron chi connectivity index (χ3n) is 1.82. The number of hydrogen-bond donors (Lipinski definition) is 2. The third kappa shape index (κ3) is 6.55. The van der Waals surface area contributed by atoms with E-state index in [0.29, 0.717) is 0 Å². The fraction of sp³-hybridized carbons (Fsp3) is 0.455. The number of nitrogens with one attached hydrogen (secondary N) is 1. The van der Waals surface area contributed by atoms with Crippen molar-refractivity contribution >= 4 is 10.1 Å². The van der Waals surface area contributed by atoms with Gasteiger partial charge in [-0.2, -0.15) is 8.42 Å². The van der Waals surface area contributed by atoms with E-state index in [4.69, 9.17) is 4.55 Å². The Bertz CT molecular complexity index is 382. The van der Waals surface area contributed by atoms with E-state index < -0.39 is 10.1 Å². The van der Waals surface area contributed by atoms with Gasteiger partial charge in [0.1, 0.15) is 0 Å². The molecule has 0 saturated carbocycles. The van der Waals surface area contributed by atoms with Crippen LogP contribution >= 0.6 is 0 Å². The van der Waals surface area contributed by atoms with Gasteiger partial charge in [-0.25, -0.2) is 0 Å². The van der Waals surface area contributed by atoms with Crippen molar-refractivity contribution in [1.29, 1.82) is 0 Å². The summed E-state index contributed by atoms with van der Waals surface area (Å²) >= 11 is 0. The Morgan fingerprint density at radius 2 is 1.56 bits per heavy atom. The standard InChI is InChI=1S/C7H8O3S.C4H11N/c1-6-2-4-7(5-3-6)11(8,9)10;1-3-5-4-2/h2-5H,1H3,(H,8,9,10);5H,3-4H2,1-2H3. The van der Waals surface area contributed by atoms with Crippen LogP contribution in [0.25, 0.3) is 0 Å². The molecule has 0 radical (unpaired) electrons. The Labute approximate surface area is 97.4 Å². The lowest BCUT2D eigenvalue weighted by molar-refractivity contribution is 0.483. The molecule has 0 fully saturated rings. The van der Waals surface area contributed by atoms with E-state index in [2.05, 4.69) is 19.2 Å². The summed E-state index contributed by atoms with van der Waals surface area (Å²) < 4.78 is 29.6. The van der Waals surface area contributed by atoms with Gasteiger partial charge in [-0.1, -0.05) is 31.5 Å². The summed E-state index contributed by atoms with van der Waals surface area (Å²) in [5.74, 6) is 0. The summed E-state index contributed by atoms with van der Waals surface area (Å²) in [5, 5.41) is 3.11. The van der Waals surface area contributed by atoms with E-state index in [1.807, 2.05) is 6.92 Å². The normalized spacial score (nSPS) is 10.5. The molecule has 0 bridgehead atoms. The highest BCUT2D eigenvalue weighted by atomic mass is 32.2. The molecule has 0 heterocycles. The maximum atomic E-state index is 10.5. The van der Waals surface area contributed by atoms with Crippen LogP contribution < -0.4 is 5.32 Å². The number of benzene rings is 1. The maximum absolute atomic E-state index is 10.5. The van der Waals surface area contributed by atoms with Gasteiger partial charge >= 0.3 is 0 Å². The highest BCUT2D eigenvalue weighted by Crippen LogP contribution is 2.08. The number of hydrogen-bond acceptors (Lipinski definition) is 3. The van der Waals surface area contributed by atoms with Gasteiger partial charge in [0.25, 0.3) is 10.1 Å². The van der Waals surface area contributed by atoms with Crippen molar-refractivity contribution in [1.82, 2.24) is 5.32 Å². The molecule has 0 spiro atoms. The van der Waals surface area contributed by atoms with E-state index in [1.165, 1.54) is 12.1 Å². The second-order valence-electron chi connectivity index (χ2n) is 3.25. The molecule has 5 heteroatoms. The van der Waals surface area contributed by atoms with Crippen LogP contribution in [0.5, 0.6) is 0 Å². The summed E-state index contributed by atoms with van der Waals surface area (Å²) in [5.41, 5.74) is 0.956. The Hall–Kier alpha value is -0.910. The SMILES string of the molecule is CCNCC.Cc1ccc(S(=O)(=O)O)cc1. The summed E-state index contributed by atoms with van der Waals surface area (Å²) in [7, 11) is -4.02. The van der Waals surface area contributed by atoms with Crippen molar-refractivity contribution in [2.75, 3.05) is 13.1 Å². The van der Waals surface area contributed by atoms with E-state index in [0.717, 1.165) is 18.7 Å². The molecule has 92 valence electrons. The minimum absolute atomic E-state index is 0.0666. The van der Waals surface area contributed by atoms with E-state index in [-0.39, 0.29) is 4.90 Å². The molecule has 16 heavy (non-hydrogen) atoms. The van der Waals surface area contributed by atoms with Crippen LogP contribution in [-0.4, -0.2) is 26.1 Å². The first kappa shape index (κ1) is 15.1. The predicted octanol–water partition coefficient (Wildman–Crippen LogP) is 1.86. The van der Waals surface area contributed by atoms with Crippen molar-refractivity contribution in [3.8, 4) is 0 Å². The molecule has 0 aromatic heterocycles. The molecule has 2 N–H and O–H groups in total. The van der Waals surface area contributed by atoms with Gasteiger partial charge in [0.05, 0.1) is 4.90 Å². The Morgan fingerprint density at radius 3 is 1.81 bits per heavy atom. The van der Waals surface area contributed by atoms with Crippen molar-refractivity contribution < 1.29 is 13.0 Å². The zero-order valence-electron chi connectivity index (χ0n) is 9.90. The average molecular weight is 245 g/mol. The summed E-state index contributed by atoms with van der Waals surface area (Å²) in [6.45, 7) is 8.23. The zero-order chi connectivity index (χ0) is 12.6. The molecular weight excluding hydrogens is 226 g/mol. The number of aryl methyl sites for hydroxylation is 1. The highest BCUT2D eigenvalue weighted by Gasteiger charge is 2.06. The average Bonchev–Trinajstić information content (AvgIpc) is 2.19. The smallest absolute Gasteiger partial charge is 0.294 e. The Morgan fingerprint density at radius 1 is 1.12 bits per heavy atom. The fourth-order valence-corrected chi connectivity index (χ4v) is 1.44. The van der Waals surface area contributed by atoms with E-state index in [9.17, 15) is 8.42 Å². The first-order chi connectivity index (χ1) is 7.41.